The summed E-state index contributed by atoms with van der Waals surface area (Å²) >= 11 is 0. The van der Waals surface area contributed by atoms with Crippen molar-refractivity contribution in [2.24, 2.45) is 17.6 Å². The van der Waals surface area contributed by atoms with Gasteiger partial charge in [0.1, 0.15) is 6.17 Å². The molecule has 96 valence electrons. The maximum absolute atomic E-state index is 14.1. The number of aryl methyl sites for hydroxylation is 1. The van der Waals surface area contributed by atoms with Crippen LogP contribution >= 0.6 is 0 Å². The molecule has 0 radical (unpaired) electrons. The van der Waals surface area contributed by atoms with E-state index in [1.807, 2.05) is 32.2 Å². The van der Waals surface area contributed by atoms with Gasteiger partial charge in [-0.05, 0) is 30.5 Å². The molecule has 1 rings (SSSR count). The third-order valence-corrected chi connectivity index (χ3v) is 3.29. The van der Waals surface area contributed by atoms with Gasteiger partial charge in [-0.3, -0.25) is 4.98 Å². The SMILES string of the molecule is CCc1ccc(CC(F)C(CN)C(C)C)nc1. The Balaban J connectivity index is 2.63. The minimum Gasteiger partial charge on any atom is -0.330 e. The van der Waals surface area contributed by atoms with E-state index in [0.717, 1.165) is 12.1 Å². The summed E-state index contributed by atoms with van der Waals surface area (Å²) in [6.07, 6.45) is 2.25. The van der Waals surface area contributed by atoms with Gasteiger partial charge < -0.3 is 5.73 Å². The highest BCUT2D eigenvalue weighted by molar-refractivity contribution is 5.14. The Morgan fingerprint density at radius 3 is 2.47 bits per heavy atom. The zero-order chi connectivity index (χ0) is 12.8. The van der Waals surface area contributed by atoms with E-state index >= 15 is 0 Å². The molecule has 0 saturated carbocycles. The molecule has 2 unspecified atom stereocenters. The van der Waals surface area contributed by atoms with E-state index in [0.29, 0.717) is 13.0 Å². The minimum atomic E-state index is -0.903. The number of hydrogen-bond acceptors (Lipinski definition) is 2. The summed E-state index contributed by atoms with van der Waals surface area (Å²) in [6.45, 7) is 6.50. The van der Waals surface area contributed by atoms with E-state index < -0.39 is 6.17 Å². The summed E-state index contributed by atoms with van der Waals surface area (Å²) < 4.78 is 14.1. The van der Waals surface area contributed by atoms with Crippen LogP contribution in [0, 0.1) is 11.8 Å². The molecule has 2 nitrogen and oxygen atoms in total. The van der Waals surface area contributed by atoms with Crippen molar-refractivity contribution in [2.45, 2.75) is 39.8 Å². The van der Waals surface area contributed by atoms with Gasteiger partial charge in [-0.25, -0.2) is 4.39 Å². The minimum absolute atomic E-state index is 0.0809. The molecule has 0 fully saturated rings. The number of aromatic nitrogens is 1. The fourth-order valence-corrected chi connectivity index (χ4v) is 1.97. The van der Waals surface area contributed by atoms with Crippen molar-refractivity contribution in [2.75, 3.05) is 6.54 Å². The summed E-state index contributed by atoms with van der Waals surface area (Å²) in [6, 6.07) is 3.93. The van der Waals surface area contributed by atoms with Gasteiger partial charge in [0.05, 0.1) is 0 Å². The van der Waals surface area contributed by atoms with Gasteiger partial charge in [-0.15, -0.1) is 0 Å². The van der Waals surface area contributed by atoms with Crippen LogP contribution in [0.15, 0.2) is 18.3 Å². The first-order chi connectivity index (χ1) is 8.08. The molecule has 0 aliphatic rings. The molecule has 3 heteroatoms. The average molecular weight is 238 g/mol. The lowest BCUT2D eigenvalue weighted by Gasteiger charge is -2.22. The third-order valence-electron chi connectivity index (χ3n) is 3.29. The van der Waals surface area contributed by atoms with E-state index in [4.69, 9.17) is 5.73 Å². The summed E-state index contributed by atoms with van der Waals surface area (Å²) in [5.74, 6) is 0.188. The van der Waals surface area contributed by atoms with Crippen molar-refractivity contribution in [1.82, 2.24) is 4.98 Å². The normalized spacial score (nSPS) is 14.9. The van der Waals surface area contributed by atoms with E-state index in [9.17, 15) is 4.39 Å². The first kappa shape index (κ1) is 14.1. The summed E-state index contributed by atoms with van der Waals surface area (Å²) in [7, 11) is 0. The van der Waals surface area contributed by atoms with Crippen LogP contribution in [0.25, 0.3) is 0 Å². The molecule has 2 N–H and O–H groups in total. The zero-order valence-electron chi connectivity index (χ0n) is 11.0. The van der Waals surface area contributed by atoms with E-state index in [1.165, 1.54) is 5.56 Å². The van der Waals surface area contributed by atoms with Crippen LogP contribution in [0.5, 0.6) is 0 Å². The van der Waals surface area contributed by atoms with Gasteiger partial charge >= 0.3 is 0 Å². The van der Waals surface area contributed by atoms with Gasteiger partial charge in [0.2, 0.25) is 0 Å². The van der Waals surface area contributed by atoms with Crippen molar-refractivity contribution in [3.63, 3.8) is 0 Å². The quantitative estimate of drug-likeness (QED) is 0.827. The number of halogens is 1. The molecule has 0 aliphatic carbocycles. The standard InChI is InChI=1S/C14H23FN2/c1-4-11-5-6-12(17-9-11)7-14(15)13(8-16)10(2)3/h5-6,9-10,13-14H,4,7-8,16H2,1-3H3. The maximum atomic E-state index is 14.1. The second-order valence-electron chi connectivity index (χ2n) is 4.88. The van der Waals surface area contributed by atoms with Crippen LogP contribution in [-0.4, -0.2) is 17.7 Å². The zero-order valence-corrected chi connectivity index (χ0v) is 11.0. The second-order valence-corrected chi connectivity index (χ2v) is 4.88. The predicted octanol–water partition coefficient (Wildman–Crippen LogP) is 2.76. The largest absolute Gasteiger partial charge is 0.330 e. The smallest absolute Gasteiger partial charge is 0.110 e. The van der Waals surface area contributed by atoms with Crippen LogP contribution in [-0.2, 0) is 12.8 Å². The second kappa shape index (κ2) is 6.70. The lowest BCUT2D eigenvalue weighted by Crippen LogP contribution is -2.30. The van der Waals surface area contributed by atoms with Crippen LogP contribution in [0.1, 0.15) is 32.0 Å². The van der Waals surface area contributed by atoms with Crippen LogP contribution in [0.3, 0.4) is 0 Å². The molecule has 0 bridgehead atoms. The molecule has 17 heavy (non-hydrogen) atoms. The van der Waals surface area contributed by atoms with Crippen molar-refractivity contribution in [1.29, 1.82) is 0 Å². The number of alkyl halides is 1. The Morgan fingerprint density at radius 1 is 1.35 bits per heavy atom. The van der Waals surface area contributed by atoms with Gasteiger partial charge in [-0.2, -0.15) is 0 Å². The monoisotopic (exact) mass is 238 g/mol. The van der Waals surface area contributed by atoms with Gasteiger partial charge in [0.25, 0.3) is 0 Å². The third kappa shape index (κ3) is 4.08. The molecule has 0 spiro atoms. The Bertz CT molecular complexity index is 321. The summed E-state index contributed by atoms with van der Waals surface area (Å²) in [5.41, 5.74) is 7.61. The molecular formula is C14H23FN2. The molecule has 1 heterocycles. The van der Waals surface area contributed by atoms with Crippen LogP contribution in [0.2, 0.25) is 0 Å². The Labute approximate surface area is 103 Å². The molecular weight excluding hydrogens is 215 g/mol. The topological polar surface area (TPSA) is 38.9 Å². The van der Waals surface area contributed by atoms with Crippen molar-refractivity contribution >= 4 is 0 Å². The van der Waals surface area contributed by atoms with Gasteiger partial charge in [0.15, 0.2) is 0 Å². The van der Waals surface area contributed by atoms with E-state index in [2.05, 4.69) is 11.9 Å². The summed E-state index contributed by atoms with van der Waals surface area (Å²) in [4.78, 5) is 4.28. The number of nitrogens with two attached hydrogens (primary N) is 1. The highest BCUT2D eigenvalue weighted by Crippen LogP contribution is 2.20. The fourth-order valence-electron chi connectivity index (χ4n) is 1.97. The first-order valence-electron chi connectivity index (χ1n) is 6.36. The van der Waals surface area contributed by atoms with Gasteiger partial charge in [-0.1, -0.05) is 26.8 Å². The molecule has 0 aliphatic heterocycles. The molecule has 0 aromatic carbocycles. The lowest BCUT2D eigenvalue weighted by atomic mass is 9.89. The molecule has 0 saturated heterocycles. The molecule has 0 amide bonds. The highest BCUT2D eigenvalue weighted by Gasteiger charge is 2.23. The average Bonchev–Trinajstić information content (AvgIpc) is 2.30. The van der Waals surface area contributed by atoms with Crippen molar-refractivity contribution in [3.8, 4) is 0 Å². The molecule has 1 aromatic rings. The fraction of sp³-hybridized carbons (Fsp3) is 0.643. The van der Waals surface area contributed by atoms with Crippen molar-refractivity contribution in [3.05, 3.63) is 29.6 Å². The Hall–Kier alpha value is -0.960. The molecule has 1 aromatic heterocycles. The first-order valence-corrected chi connectivity index (χ1v) is 6.36. The summed E-state index contributed by atoms with van der Waals surface area (Å²) in [5, 5.41) is 0. The van der Waals surface area contributed by atoms with Crippen molar-refractivity contribution < 1.29 is 4.39 Å². The van der Waals surface area contributed by atoms with Crippen LogP contribution < -0.4 is 5.73 Å². The van der Waals surface area contributed by atoms with E-state index in [1.54, 1.807) is 0 Å². The maximum Gasteiger partial charge on any atom is 0.110 e. The number of nitrogens with zero attached hydrogens (tertiary/aromatic N) is 1. The predicted molar refractivity (Wildman–Crippen MR) is 69.6 cm³/mol. The van der Waals surface area contributed by atoms with Gasteiger partial charge in [0, 0.05) is 24.2 Å². The van der Waals surface area contributed by atoms with E-state index in [-0.39, 0.29) is 11.8 Å². The highest BCUT2D eigenvalue weighted by atomic mass is 19.1. The molecule has 2 atom stereocenters. The number of pyridine rings is 1. The number of rotatable bonds is 6. The number of hydrogen-bond donors (Lipinski definition) is 1. The van der Waals surface area contributed by atoms with Crippen LogP contribution in [0.4, 0.5) is 4.39 Å². The lowest BCUT2D eigenvalue weighted by molar-refractivity contribution is 0.184. The Morgan fingerprint density at radius 2 is 2.06 bits per heavy atom. The Kier molecular flexibility index (Phi) is 5.56.